The maximum absolute atomic E-state index is 12.8. The van der Waals surface area contributed by atoms with Gasteiger partial charge in [0.05, 0.1) is 0 Å². The molecule has 30 heavy (non-hydrogen) atoms. The van der Waals surface area contributed by atoms with Crippen molar-refractivity contribution >= 4 is 46.4 Å². The van der Waals surface area contributed by atoms with Gasteiger partial charge in [0.15, 0.2) is 0 Å². The third kappa shape index (κ3) is 4.26. The number of anilines is 3. The van der Waals surface area contributed by atoms with E-state index < -0.39 is 11.8 Å². The number of hydrogen-bond donors (Lipinski definition) is 2. The van der Waals surface area contributed by atoms with Crippen LogP contribution in [0.1, 0.15) is 18.9 Å². The van der Waals surface area contributed by atoms with Crippen LogP contribution in [0, 0.1) is 0 Å². The largest absolute Gasteiger partial charge is 0.368 e. The summed E-state index contributed by atoms with van der Waals surface area (Å²) in [5.74, 6) is -1.20. The van der Waals surface area contributed by atoms with E-state index in [0.717, 1.165) is 16.9 Å². The van der Waals surface area contributed by atoms with E-state index in [9.17, 15) is 14.4 Å². The molecule has 8 heteroatoms. The van der Waals surface area contributed by atoms with E-state index in [4.69, 9.17) is 11.6 Å². The molecular weight excluding hydrogens is 404 g/mol. The molecule has 2 aromatic rings. The summed E-state index contributed by atoms with van der Waals surface area (Å²) in [6.45, 7) is 3.68. The van der Waals surface area contributed by atoms with Crippen LogP contribution in [0.5, 0.6) is 0 Å². The number of hydrogen-bond acceptors (Lipinski definition) is 4. The highest BCUT2D eigenvalue weighted by molar-refractivity contribution is 6.39. The first-order valence-electron chi connectivity index (χ1n) is 9.96. The first kappa shape index (κ1) is 20.2. The first-order valence-corrected chi connectivity index (χ1v) is 10.3. The molecule has 7 nitrogen and oxygen atoms in total. The topological polar surface area (TPSA) is 81.8 Å². The van der Waals surface area contributed by atoms with Gasteiger partial charge in [-0.3, -0.25) is 14.4 Å². The van der Waals surface area contributed by atoms with Crippen LogP contribution in [0.15, 0.2) is 42.5 Å². The smallest absolute Gasteiger partial charge is 0.313 e. The zero-order chi connectivity index (χ0) is 21.3. The monoisotopic (exact) mass is 426 g/mol. The van der Waals surface area contributed by atoms with Crippen LogP contribution in [0.3, 0.4) is 0 Å². The highest BCUT2D eigenvalue weighted by Crippen LogP contribution is 2.26. The zero-order valence-electron chi connectivity index (χ0n) is 16.7. The average Bonchev–Trinajstić information content (AvgIpc) is 2.74. The first-order chi connectivity index (χ1) is 14.4. The van der Waals surface area contributed by atoms with Crippen molar-refractivity contribution in [3.05, 3.63) is 53.1 Å². The number of aryl methyl sites for hydroxylation is 1. The maximum atomic E-state index is 12.8. The average molecular weight is 427 g/mol. The van der Waals surface area contributed by atoms with Crippen LogP contribution < -0.4 is 15.5 Å². The lowest BCUT2D eigenvalue weighted by molar-refractivity contribution is -0.144. The Labute approximate surface area is 180 Å². The van der Waals surface area contributed by atoms with Gasteiger partial charge in [0.2, 0.25) is 5.91 Å². The fourth-order valence-electron chi connectivity index (χ4n) is 3.92. The molecule has 2 heterocycles. The predicted octanol–water partition coefficient (Wildman–Crippen LogP) is 2.90. The van der Waals surface area contributed by atoms with E-state index in [1.54, 1.807) is 17.0 Å². The Bertz CT molecular complexity index is 992. The second kappa shape index (κ2) is 8.36. The van der Waals surface area contributed by atoms with Crippen molar-refractivity contribution in [2.24, 2.45) is 0 Å². The molecule has 3 amide bonds. The third-order valence-electron chi connectivity index (χ3n) is 5.53. The van der Waals surface area contributed by atoms with Crippen molar-refractivity contribution in [3.8, 4) is 0 Å². The number of piperazine rings is 1. The minimum absolute atomic E-state index is 0.0128. The van der Waals surface area contributed by atoms with Crippen molar-refractivity contribution < 1.29 is 14.4 Å². The number of amides is 3. The van der Waals surface area contributed by atoms with Crippen LogP contribution in [0.4, 0.5) is 17.1 Å². The van der Waals surface area contributed by atoms with Gasteiger partial charge in [0, 0.05) is 54.2 Å². The van der Waals surface area contributed by atoms with Gasteiger partial charge in [-0.1, -0.05) is 11.6 Å². The molecule has 2 aromatic carbocycles. The predicted molar refractivity (Wildman–Crippen MR) is 117 cm³/mol. The molecule has 4 rings (SSSR count). The number of fused-ring (bicyclic) bond motifs is 1. The summed E-state index contributed by atoms with van der Waals surface area (Å²) in [4.78, 5) is 40.6. The van der Waals surface area contributed by atoms with Gasteiger partial charge in [0.1, 0.15) is 0 Å². The van der Waals surface area contributed by atoms with Crippen molar-refractivity contribution in [1.82, 2.24) is 4.90 Å². The van der Waals surface area contributed by atoms with E-state index in [1.165, 1.54) is 0 Å². The fraction of sp³-hybridized carbons (Fsp3) is 0.318. The molecule has 0 saturated carbocycles. The second-order valence-corrected chi connectivity index (χ2v) is 8.08. The number of carbonyl (C=O) groups excluding carboxylic acids is 3. The normalized spacial score (nSPS) is 18.5. The van der Waals surface area contributed by atoms with Crippen LogP contribution in [-0.4, -0.2) is 48.3 Å². The molecule has 1 atom stereocenters. The van der Waals surface area contributed by atoms with E-state index >= 15 is 0 Å². The molecule has 2 aliphatic heterocycles. The Hall–Kier alpha value is -3.06. The Balaban J connectivity index is 1.38. The fourth-order valence-corrected chi connectivity index (χ4v) is 4.05. The van der Waals surface area contributed by atoms with Crippen molar-refractivity contribution in [2.75, 3.05) is 35.2 Å². The Morgan fingerprint density at radius 3 is 2.60 bits per heavy atom. The lowest BCUT2D eigenvalue weighted by Crippen LogP contribution is -2.56. The molecule has 2 N–H and O–H groups in total. The summed E-state index contributed by atoms with van der Waals surface area (Å²) < 4.78 is 0. The van der Waals surface area contributed by atoms with E-state index in [2.05, 4.69) is 15.5 Å². The standard InChI is InChI=1S/C22H23ClN4O3/c1-14-13-26(18-6-3-16(23)4-7-18)10-11-27(14)22(30)21(29)24-17-5-8-19-15(12-17)2-9-20(28)25-19/h3-8,12,14H,2,9-11,13H2,1H3,(H,24,29)(H,25,28)/t14-/m1/s1. The van der Waals surface area contributed by atoms with Crippen LogP contribution in [0.2, 0.25) is 5.02 Å². The van der Waals surface area contributed by atoms with Crippen LogP contribution in [0.25, 0.3) is 0 Å². The molecule has 0 unspecified atom stereocenters. The Kier molecular flexibility index (Phi) is 5.63. The number of halogens is 1. The molecule has 0 spiro atoms. The zero-order valence-corrected chi connectivity index (χ0v) is 17.4. The van der Waals surface area contributed by atoms with Gasteiger partial charge in [-0.15, -0.1) is 0 Å². The number of benzene rings is 2. The lowest BCUT2D eigenvalue weighted by atomic mass is 10.0. The van der Waals surface area contributed by atoms with Crippen molar-refractivity contribution in [1.29, 1.82) is 0 Å². The quantitative estimate of drug-likeness (QED) is 0.723. The second-order valence-electron chi connectivity index (χ2n) is 7.64. The molecule has 0 aliphatic carbocycles. The summed E-state index contributed by atoms with van der Waals surface area (Å²) in [5, 5.41) is 6.18. The van der Waals surface area contributed by atoms with E-state index in [1.807, 2.05) is 37.3 Å². The molecule has 156 valence electrons. The molecule has 1 saturated heterocycles. The molecule has 0 radical (unpaired) electrons. The minimum atomic E-state index is -0.651. The lowest BCUT2D eigenvalue weighted by Gasteiger charge is -2.40. The summed E-state index contributed by atoms with van der Waals surface area (Å²) in [7, 11) is 0. The molecular formula is C22H23ClN4O3. The maximum Gasteiger partial charge on any atom is 0.313 e. The molecule has 1 fully saturated rings. The molecule has 2 aliphatic rings. The van der Waals surface area contributed by atoms with E-state index in [-0.39, 0.29) is 11.9 Å². The minimum Gasteiger partial charge on any atom is -0.368 e. The summed E-state index contributed by atoms with van der Waals surface area (Å²) >= 11 is 5.96. The molecule has 0 bridgehead atoms. The number of carbonyl (C=O) groups is 3. The van der Waals surface area contributed by atoms with Gasteiger partial charge >= 0.3 is 11.8 Å². The SMILES string of the molecule is C[C@@H]1CN(c2ccc(Cl)cc2)CCN1C(=O)C(=O)Nc1ccc2c(c1)CCC(=O)N2. The Morgan fingerprint density at radius 1 is 1.10 bits per heavy atom. The summed E-state index contributed by atoms with van der Waals surface area (Å²) in [6, 6.07) is 12.7. The summed E-state index contributed by atoms with van der Waals surface area (Å²) in [5.41, 5.74) is 3.30. The highest BCUT2D eigenvalue weighted by Gasteiger charge is 2.31. The third-order valence-corrected chi connectivity index (χ3v) is 5.78. The van der Waals surface area contributed by atoms with Gasteiger partial charge < -0.3 is 20.4 Å². The number of nitrogens with zero attached hydrogens (tertiary/aromatic N) is 2. The van der Waals surface area contributed by atoms with Crippen LogP contribution >= 0.6 is 11.6 Å². The highest BCUT2D eigenvalue weighted by atomic mass is 35.5. The number of nitrogens with one attached hydrogen (secondary N) is 2. The number of rotatable bonds is 2. The van der Waals surface area contributed by atoms with Crippen molar-refractivity contribution in [3.63, 3.8) is 0 Å². The van der Waals surface area contributed by atoms with E-state index in [0.29, 0.717) is 43.2 Å². The Morgan fingerprint density at radius 2 is 1.87 bits per heavy atom. The van der Waals surface area contributed by atoms with Crippen LogP contribution in [-0.2, 0) is 20.8 Å². The van der Waals surface area contributed by atoms with Crippen molar-refractivity contribution in [2.45, 2.75) is 25.8 Å². The van der Waals surface area contributed by atoms with Gasteiger partial charge in [0.25, 0.3) is 0 Å². The van der Waals surface area contributed by atoms with Gasteiger partial charge in [-0.25, -0.2) is 0 Å². The van der Waals surface area contributed by atoms with Gasteiger partial charge in [-0.05, 0) is 61.4 Å². The summed E-state index contributed by atoms with van der Waals surface area (Å²) in [6.07, 6.45) is 1.03. The molecule has 0 aromatic heterocycles. The van der Waals surface area contributed by atoms with Gasteiger partial charge in [-0.2, -0.15) is 0 Å².